The van der Waals surface area contributed by atoms with Crippen molar-refractivity contribution in [1.29, 1.82) is 0 Å². The average Bonchev–Trinajstić information content (AvgIpc) is 3.20. The van der Waals surface area contributed by atoms with Gasteiger partial charge in [0.15, 0.2) is 5.65 Å². The predicted octanol–water partition coefficient (Wildman–Crippen LogP) is 3.18. The van der Waals surface area contributed by atoms with Gasteiger partial charge in [0.05, 0.1) is 18.9 Å². The van der Waals surface area contributed by atoms with E-state index in [9.17, 15) is 9.59 Å². The van der Waals surface area contributed by atoms with Gasteiger partial charge >= 0.3 is 0 Å². The summed E-state index contributed by atoms with van der Waals surface area (Å²) in [5.41, 5.74) is 2.70. The van der Waals surface area contributed by atoms with E-state index in [1.165, 1.54) is 4.90 Å². The smallest absolute Gasteiger partial charge is 0.289 e. The summed E-state index contributed by atoms with van der Waals surface area (Å²) in [6, 6.07) is 11.4. The highest BCUT2D eigenvalue weighted by molar-refractivity contribution is 8.14. The van der Waals surface area contributed by atoms with Crippen LogP contribution in [0.3, 0.4) is 0 Å². The van der Waals surface area contributed by atoms with Crippen LogP contribution < -0.4 is 4.74 Å². The first kappa shape index (κ1) is 18.5. The first-order valence-corrected chi connectivity index (χ1v) is 10.1. The van der Waals surface area contributed by atoms with E-state index in [0.717, 1.165) is 52.9 Å². The molecule has 0 N–H and O–H groups in total. The number of hydrogen-bond acceptors (Lipinski definition) is 6. The number of hydrogen-bond donors (Lipinski definition) is 0. The van der Waals surface area contributed by atoms with Crippen molar-refractivity contribution in [3.8, 4) is 5.75 Å². The van der Waals surface area contributed by atoms with Gasteiger partial charge in [-0.25, -0.2) is 9.97 Å². The van der Waals surface area contributed by atoms with Gasteiger partial charge < -0.3 is 9.30 Å². The third kappa shape index (κ3) is 3.87. The van der Waals surface area contributed by atoms with Crippen molar-refractivity contribution in [3.05, 3.63) is 54.0 Å². The number of imide groups is 1. The van der Waals surface area contributed by atoms with Crippen LogP contribution >= 0.6 is 11.8 Å². The Balaban J connectivity index is 1.27. The maximum absolute atomic E-state index is 11.7. The molecule has 28 heavy (non-hydrogen) atoms. The van der Waals surface area contributed by atoms with Crippen molar-refractivity contribution in [2.75, 3.05) is 12.4 Å². The highest BCUT2D eigenvalue weighted by Gasteiger charge is 2.29. The van der Waals surface area contributed by atoms with Gasteiger partial charge in [-0.15, -0.1) is 0 Å². The van der Waals surface area contributed by atoms with Crippen molar-refractivity contribution >= 4 is 34.1 Å². The molecular weight excluding hydrogens is 376 g/mol. The Morgan fingerprint density at radius 1 is 1.18 bits per heavy atom. The third-order valence-corrected chi connectivity index (χ3v) is 5.50. The molecule has 0 radical (unpaired) electrons. The van der Waals surface area contributed by atoms with Crippen LogP contribution in [0.1, 0.15) is 17.8 Å². The molecule has 4 rings (SSSR count). The van der Waals surface area contributed by atoms with Crippen LogP contribution in [0.15, 0.2) is 42.6 Å². The normalized spacial score (nSPS) is 14.2. The van der Waals surface area contributed by atoms with Gasteiger partial charge in [0.25, 0.3) is 5.24 Å². The number of aryl methyl sites for hydroxylation is 2. The number of benzene rings is 1. The monoisotopic (exact) mass is 396 g/mol. The molecule has 1 fully saturated rings. The number of amides is 2. The summed E-state index contributed by atoms with van der Waals surface area (Å²) in [4.78, 5) is 33.6. The maximum atomic E-state index is 11.7. The summed E-state index contributed by atoms with van der Waals surface area (Å²) < 4.78 is 7.82. The first-order chi connectivity index (χ1) is 13.6. The van der Waals surface area contributed by atoms with Crippen molar-refractivity contribution < 1.29 is 14.3 Å². The van der Waals surface area contributed by atoms with E-state index in [0.29, 0.717) is 13.2 Å². The molecule has 0 unspecified atom stereocenters. The molecule has 1 saturated heterocycles. The Kier molecular flexibility index (Phi) is 5.29. The molecule has 8 heteroatoms. The molecule has 0 atom stereocenters. The van der Waals surface area contributed by atoms with Gasteiger partial charge in [0, 0.05) is 19.7 Å². The van der Waals surface area contributed by atoms with E-state index < -0.39 is 0 Å². The Hall–Kier alpha value is -2.87. The van der Waals surface area contributed by atoms with Gasteiger partial charge in [-0.2, -0.15) is 0 Å². The molecule has 144 valence electrons. The molecule has 0 spiro atoms. The highest BCUT2D eigenvalue weighted by atomic mass is 32.2. The van der Waals surface area contributed by atoms with E-state index in [1.54, 1.807) is 6.20 Å². The van der Waals surface area contributed by atoms with Gasteiger partial charge in [-0.3, -0.25) is 14.5 Å². The molecule has 2 aromatic heterocycles. The molecule has 1 aliphatic heterocycles. The van der Waals surface area contributed by atoms with E-state index in [-0.39, 0.29) is 16.9 Å². The number of carbonyl (C=O) groups is 2. The van der Waals surface area contributed by atoms with E-state index in [4.69, 9.17) is 4.74 Å². The lowest BCUT2D eigenvalue weighted by Crippen LogP contribution is -2.27. The van der Waals surface area contributed by atoms with Crippen LogP contribution in [0.25, 0.3) is 11.2 Å². The fourth-order valence-corrected chi connectivity index (χ4v) is 3.85. The molecule has 1 aliphatic rings. The summed E-state index contributed by atoms with van der Waals surface area (Å²) in [5.74, 6) is 1.86. The van der Waals surface area contributed by atoms with Crippen molar-refractivity contribution in [3.63, 3.8) is 0 Å². The zero-order valence-corrected chi connectivity index (χ0v) is 16.3. The molecule has 3 heterocycles. The zero-order valence-electron chi connectivity index (χ0n) is 15.5. The number of ether oxygens (including phenoxy) is 1. The lowest BCUT2D eigenvalue weighted by molar-refractivity contribution is -0.125. The van der Waals surface area contributed by atoms with Crippen molar-refractivity contribution in [2.24, 2.45) is 7.05 Å². The van der Waals surface area contributed by atoms with E-state index >= 15 is 0 Å². The van der Waals surface area contributed by atoms with Crippen LogP contribution in [0.2, 0.25) is 0 Å². The molecule has 1 aromatic carbocycles. The summed E-state index contributed by atoms with van der Waals surface area (Å²) in [6.45, 7) is 0.890. The quantitative estimate of drug-likeness (QED) is 0.571. The molecule has 0 aliphatic carbocycles. The van der Waals surface area contributed by atoms with Gasteiger partial charge in [0.2, 0.25) is 5.91 Å². The third-order valence-electron chi connectivity index (χ3n) is 4.64. The van der Waals surface area contributed by atoms with Crippen molar-refractivity contribution in [1.82, 2.24) is 19.4 Å². The Morgan fingerprint density at radius 2 is 2.00 bits per heavy atom. The van der Waals surface area contributed by atoms with Crippen LogP contribution in [0, 0.1) is 0 Å². The number of carbonyl (C=O) groups excluding carboxylic acids is 2. The number of thioether (sulfide) groups is 1. The van der Waals surface area contributed by atoms with E-state index in [2.05, 4.69) is 9.97 Å². The van der Waals surface area contributed by atoms with Crippen LogP contribution in [-0.2, 0) is 24.8 Å². The number of aromatic nitrogens is 3. The van der Waals surface area contributed by atoms with Gasteiger partial charge in [-0.1, -0.05) is 23.9 Å². The number of rotatable bonds is 7. The Labute approximate surface area is 166 Å². The van der Waals surface area contributed by atoms with E-state index in [1.807, 2.05) is 48.0 Å². The number of nitrogens with zero attached hydrogens (tertiary/aromatic N) is 4. The molecule has 0 saturated carbocycles. The number of fused-ring (bicyclic) bond motifs is 1. The summed E-state index contributed by atoms with van der Waals surface area (Å²) in [6.07, 6.45) is 3.42. The zero-order chi connectivity index (χ0) is 19.5. The largest absolute Gasteiger partial charge is 0.494 e. The van der Waals surface area contributed by atoms with Crippen LogP contribution in [-0.4, -0.2) is 42.9 Å². The Morgan fingerprint density at radius 3 is 2.71 bits per heavy atom. The number of pyridine rings is 1. The minimum absolute atomic E-state index is 0.132. The topological polar surface area (TPSA) is 77.3 Å². The summed E-state index contributed by atoms with van der Waals surface area (Å²) in [7, 11) is 1.98. The maximum Gasteiger partial charge on any atom is 0.289 e. The second-order valence-electron chi connectivity index (χ2n) is 6.56. The second-order valence-corrected chi connectivity index (χ2v) is 7.49. The SMILES string of the molecule is Cn1c(CCCOc2ccc(CN3C(=O)CSC3=O)cc2)nc2cccnc21. The highest BCUT2D eigenvalue weighted by Crippen LogP contribution is 2.22. The van der Waals surface area contributed by atoms with Crippen LogP contribution in [0.4, 0.5) is 4.79 Å². The molecule has 2 amide bonds. The standard InChI is InChI=1S/C20H20N4O3S/c1-23-17(22-16-4-2-10-21-19(16)23)5-3-11-27-15-8-6-14(7-9-15)12-24-18(25)13-28-20(24)26/h2,4,6-10H,3,5,11-13H2,1H3. The Bertz CT molecular complexity index is 1000. The average molecular weight is 396 g/mol. The lowest BCUT2D eigenvalue weighted by atomic mass is 10.2. The van der Waals surface area contributed by atoms with Gasteiger partial charge in [-0.05, 0) is 36.2 Å². The van der Waals surface area contributed by atoms with Crippen molar-refractivity contribution in [2.45, 2.75) is 19.4 Å². The lowest BCUT2D eigenvalue weighted by Gasteiger charge is -2.13. The minimum Gasteiger partial charge on any atom is -0.494 e. The second kappa shape index (κ2) is 8.02. The molecule has 0 bridgehead atoms. The fraction of sp³-hybridized carbons (Fsp3) is 0.300. The number of imidazole rings is 1. The van der Waals surface area contributed by atoms with Gasteiger partial charge in [0.1, 0.15) is 17.1 Å². The molecule has 7 nitrogen and oxygen atoms in total. The summed E-state index contributed by atoms with van der Waals surface area (Å²) >= 11 is 1.05. The molecular formula is C20H20N4O3S. The van der Waals surface area contributed by atoms with Crippen LogP contribution in [0.5, 0.6) is 5.75 Å². The fourth-order valence-electron chi connectivity index (χ4n) is 3.12. The molecule has 3 aromatic rings. The first-order valence-electron chi connectivity index (χ1n) is 9.07. The predicted molar refractivity (Wildman–Crippen MR) is 107 cm³/mol. The summed E-state index contributed by atoms with van der Waals surface area (Å²) in [5, 5.41) is -0.178. The minimum atomic E-state index is -0.178.